The lowest BCUT2D eigenvalue weighted by molar-refractivity contribution is 0.615. The van der Waals surface area contributed by atoms with Gasteiger partial charge in [0.1, 0.15) is 0 Å². The Hall–Kier alpha value is 1.62. The first-order chi connectivity index (χ1) is 2.00. The Kier molecular flexibility index (Phi) is 2.73. The van der Waals surface area contributed by atoms with E-state index in [-0.39, 0.29) is 0 Å². The van der Waals surface area contributed by atoms with Gasteiger partial charge in [0.15, 0.2) is 0 Å². The van der Waals surface area contributed by atoms with E-state index in [1.165, 1.54) is 0 Å². The maximum Gasteiger partial charge on any atom is 0.406 e. The number of hydrogen-bond acceptors (Lipinski definition) is 1. The van der Waals surface area contributed by atoms with Gasteiger partial charge in [-0.3, -0.25) is 0 Å². The minimum Gasteiger partial charge on any atom is -0.407 e. The third kappa shape index (κ3) is 28.1. The predicted molar refractivity (Wildman–Crippen MR) is 34.8 cm³/mol. The lowest BCUT2D eigenvalue weighted by Gasteiger charge is -1.90. The molecule has 0 unspecified atom stereocenters. The fourth-order valence-electron chi connectivity index (χ4n) is 0. The van der Waals surface area contributed by atoms with Crippen LogP contribution in [-0.4, -0.2) is 8.97 Å². The molecule has 0 amide bonds. The van der Waals surface area contributed by atoms with Crippen LogP contribution in [0.1, 0.15) is 0 Å². The number of hydrogen-bond donors (Lipinski definition) is 1. The zero-order valence-electron chi connectivity index (χ0n) is 2.08. The van der Waals surface area contributed by atoms with Crippen molar-refractivity contribution in [2.75, 3.05) is 0 Å². The number of rotatable bonds is 0. The van der Waals surface area contributed by atoms with E-state index in [0.29, 0.717) is 0 Å². The molecule has 0 fully saturated rings. The van der Waals surface area contributed by atoms with Gasteiger partial charge >= 0.3 is 4.18 Å². The summed E-state index contributed by atoms with van der Waals surface area (Å²) in [5, 5.41) is 0. The van der Waals surface area contributed by atoms with Gasteiger partial charge < -0.3 is 4.80 Å². The van der Waals surface area contributed by atoms with Crippen LogP contribution in [-0.2, 0) is 0 Å². The molecule has 0 aromatic rings. The third-order valence-electron chi connectivity index (χ3n) is 0. The van der Waals surface area contributed by atoms with Gasteiger partial charge in [0.2, 0.25) is 0 Å². The molecule has 1 N–H and O–H groups in total. The molecule has 0 radical (unpaired) electrons. The van der Waals surface area contributed by atoms with Gasteiger partial charge in [-0.15, -0.1) is 0 Å². The Labute approximate surface area is 54.6 Å². The third-order valence-corrected chi connectivity index (χ3v) is 0. The molecule has 0 atom stereocenters. The fourth-order valence-corrected chi connectivity index (χ4v) is 0. The lowest BCUT2D eigenvalue weighted by atomic mass is 15.9. The molecule has 1 nitrogen and oxygen atoms in total. The van der Waals surface area contributed by atoms with E-state index in [1.807, 2.05) is 0 Å². The van der Waals surface area contributed by atoms with Crippen LogP contribution >= 0.6 is 45.9 Å². The van der Waals surface area contributed by atoms with Crippen LogP contribution in [0.5, 0.6) is 0 Å². The molecule has 0 saturated heterocycles. The molecule has 0 spiro atoms. The smallest absolute Gasteiger partial charge is 0.406 e. The molecule has 0 aromatic heterocycles. The van der Waals surface area contributed by atoms with Crippen molar-refractivity contribution in [3.05, 3.63) is 0 Å². The Morgan fingerprint density at radius 1 is 1.20 bits per heavy atom. The highest BCUT2D eigenvalue weighted by Crippen LogP contribution is 2.21. The van der Waals surface area contributed by atoms with Crippen molar-refractivity contribution in [1.82, 2.24) is 0 Å². The molecule has 0 bridgehead atoms. The van der Waals surface area contributed by atoms with Crippen LogP contribution in [0, 0.1) is 0 Å². The second-order valence-corrected chi connectivity index (χ2v) is 21.3. The first kappa shape index (κ1) is 6.62. The van der Waals surface area contributed by atoms with Crippen molar-refractivity contribution in [1.29, 1.82) is 0 Å². The minimum absolute atomic E-state index is 2.17. The first-order valence-electron chi connectivity index (χ1n) is 0.791. The quantitative estimate of drug-likeness (QED) is 0.529. The van der Waals surface area contributed by atoms with Gasteiger partial charge in [-0.2, -0.15) is 0 Å². The van der Waals surface area contributed by atoms with Crippen LogP contribution in [0.3, 0.4) is 0 Å². The Morgan fingerprint density at radius 2 is 1.20 bits per heavy atom. The van der Waals surface area contributed by atoms with Crippen molar-refractivity contribution in [2.24, 2.45) is 0 Å². The molecule has 0 aliphatic rings. The Balaban J connectivity index is 3.02. The molecule has 5 heavy (non-hydrogen) atoms. The monoisotopic (exact) mass is 282 g/mol. The molecule has 0 aromatic carbocycles. The van der Waals surface area contributed by atoms with E-state index in [9.17, 15) is 0 Å². The molecule has 5 heteroatoms. The molecule has 0 heterocycles. The number of halogens is 3. The van der Waals surface area contributed by atoms with E-state index in [1.54, 1.807) is 0 Å². The zero-order valence-corrected chi connectivity index (χ0v) is 7.84. The van der Waals surface area contributed by atoms with E-state index in [0.717, 1.165) is 0 Å². The maximum atomic E-state index is 8.41. The van der Waals surface area contributed by atoms with Gasteiger partial charge in [-0.05, 0) is 0 Å². The highest BCUT2D eigenvalue weighted by molar-refractivity contribution is 9.71. The van der Waals surface area contributed by atoms with Crippen LogP contribution in [0.2, 0.25) is 0 Å². The van der Waals surface area contributed by atoms with Crippen molar-refractivity contribution in [3.8, 4) is 0 Å². The average molecular weight is 285 g/mol. The molecule has 0 saturated carbocycles. The summed E-state index contributed by atoms with van der Waals surface area (Å²) in [4.78, 5) is 8.41. The second kappa shape index (κ2) is 2.06. The van der Waals surface area contributed by atoms with Crippen molar-refractivity contribution < 1.29 is 4.80 Å². The Morgan fingerprint density at radius 3 is 1.20 bits per heavy atom. The largest absolute Gasteiger partial charge is 0.407 e. The summed E-state index contributed by atoms with van der Waals surface area (Å²) in [5.74, 6) is 0. The minimum atomic E-state index is -2.17. The molecular formula is HBr3OSi. The van der Waals surface area contributed by atoms with Gasteiger partial charge in [-0.1, -0.05) is 45.9 Å². The molecular weight excluding hydrogens is 284 g/mol. The molecule has 0 aliphatic carbocycles. The van der Waals surface area contributed by atoms with Gasteiger partial charge in [0, 0.05) is 0 Å². The highest BCUT2D eigenvalue weighted by Gasteiger charge is 2.15. The predicted octanol–water partition coefficient (Wildman–Crippen LogP) is 1.60. The SMILES string of the molecule is O[Si](Br)(Br)Br. The summed E-state index contributed by atoms with van der Waals surface area (Å²) in [6.45, 7) is 0. The zero-order chi connectivity index (χ0) is 4.50. The lowest BCUT2D eigenvalue weighted by Crippen LogP contribution is -2.01. The molecule has 0 aliphatic heterocycles. The van der Waals surface area contributed by atoms with Crippen LogP contribution in [0.4, 0.5) is 0 Å². The first-order valence-corrected chi connectivity index (χ1v) is 9.51. The van der Waals surface area contributed by atoms with E-state index >= 15 is 0 Å². The maximum absolute atomic E-state index is 8.41. The van der Waals surface area contributed by atoms with Crippen LogP contribution in [0.15, 0.2) is 0 Å². The van der Waals surface area contributed by atoms with Gasteiger partial charge in [0.05, 0.1) is 0 Å². The molecule has 32 valence electrons. The average Bonchev–Trinajstić information content (AvgIpc) is 0.722. The topological polar surface area (TPSA) is 20.2 Å². The highest BCUT2D eigenvalue weighted by atomic mass is 80.0. The van der Waals surface area contributed by atoms with Crippen molar-refractivity contribution in [2.45, 2.75) is 0 Å². The summed E-state index contributed by atoms with van der Waals surface area (Å²) < 4.78 is -2.17. The van der Waals surface area contributed by atoms with Gasteiger partial charge in [0.25, 0.3) is 0 Å². The van der Waals surface area contributed by atoms with E-state index in [4.69, 9.17) is 4.80 Å². The normalized spacial score (nSPS) is 12.0. The summed E-state index contributed by atoms with van der Waals surface area (Å²) in [7, 11) is 0. The summed E-state index contributed by atoms with van der Waals surface area (Å²) in [6.07, 6.45) is 0. The second-order valence-electron chi connectivity index (χ2n) is 0.468. The summed E-state index contributed by atoms with van der Waals surface area (Å²) >= 11 is 8.71. The van der Waals surface area contributed by atoms with Crippen molar-refractivity contribution in [3.63, 3.8) is 0 Å². The van der Waals surface area contributed by atoms with Crippen molar-refractivity contribution >= 4 is 50.1 Å². The van der Waals surface area contributed by atoms with E-state index < -0.39 is 4.18 Å². The van der Waals surface area contributed by atoms with E-state index in [2.05, 4.69) is 45.9 Å². The fraction of sp³-hybridized carbons (Fsp3) is 0. The van der Waals surface area contributed by atoms with Crippen LogP contribution < -0.4 is 0 Å². The summed E-state index contributed by atoms with van der Waals surface area (Å²) in [5.41, 5.74) is 0. The summed E-state index contributed by atoms with van der Waals surface area (Å²) in [6, 6.07) is 0. The van der Waals surface area contributed by atoms with Gasteiger partial charge in [-0.25, -0.2) is 0 Å². The standard InChI is InChI=1S/Br3HOSi/c1-5(2,3)4/h4H. The Bertz CT molecular complexity index is 22.4. The molecule has 0 rings (SSSR count). The van der Waals surface area contributed by atoms with Crippen LogP contribution in [0.25, 0.3) is 0 Å².